The van der Waals surface area contributed by atoms with Gasteiger partial charge in [-0.3, -0.25) is 4.79 Å². The van der Waals surface area contributed by atoms with Gasteiger partial charge in [-0.15, -0.1) is 0 Å². The summed E-state index contributed by atoms with van der Waals surface area (Å²) < 4.78 is 0. The first kappa shape index (κ1) is 12.1. The molecule has 0 spiro atoms. The van der Waals surface area contributed by atoms with Crippen molar-refractivity contribution >= 4 is 23.2 Å². The van der Waals surface area contributed by atoms with Crippen LogP contribution in [0.5, 0.6) is 17.2 Å². The third-order valence-electron chi connectivity index (χ3n) is 3.12. The number of para-hydroxylation sites is 1. The van der Waals surface area contributed by atoms with Crippen molar-refractivity contribution in [2.24, 2.45) is 0 Å². The summed E-state index contributed by atoms with van der Waals surface area (Å²) in [6.07, 6.45) is 1.39. The Labute approximate surface area is 114 Å². The molecule has 5 heteroatoms. The average Bonchev–Trinajstić information content (AvgIpc) is 2.69. The van der Waals surface area contributed by atoms with Gasteiger partial charge >= 0.3 is 0 Å². The summed E-state index contributed by atoms with van der Waals surface area (Å²) in [6.45, 7) is 0. The molecule has 0 atom stereocenters. The van der Waals surface area contributed by atoms with Crippen LogP contribution in [0.4, 0.5) is 5.69 Å². The van der Waals surface area contributed by atoms with Gasteiger partial charge in [0.1, 0.15) is 17.2 Å². The van der Waals surface area contributed by atoms with Crippen molar-refractivity contribution in [1.82, 2.24) is 0 Å². The van der Waals surface area contributed by atoms with E-state index in [1.54, 1.807) is 24.3 Å². The third kappa shape index (κ3) is 1.85. The van der Waals surface area contributed by atoms with Crippen LogP contribution in [-0.4, -0.2) is 21.2 Å². The molecule has 20 heavy (non-hydrogen) atoms. The second-order valence-electron chi connectivity index (χ2n) is 4.46. The Morgan fingerprint density at radius 3 is 2.35 bits per heavy atom. The van der Waals surface area contributed by atoms with Gasteiger partial charge in [-0.1, -0.05) is 18.2 Å². The van der Waals surface area contributed by atoms with Crippen LogP contribution in [0.3, 0.4) is 0 Å². The van der Waals surface area contributed by atoms with Crippen LogP contribution in [0.25, 0.3) is 11.6 Å². The predicted molar refractivity (Wildman–Crippen MR) is 74.4 cm³/mol. The Balaban J connectivity index is 2.17. The molecular formula is C15H11NO4. The van der Waals surface area contributed by atoms with E-state index in [-0.39, 0.29) is 28.7 Å². The number of rotatable bonds is 1. The van der Waals surface area contributed by atoms with Crippen LogP contribution in [-0.2, 0) is 4.79 Å². The summed E-state index contributed by atoms with van der Waals surface area (Å²) in [7, 11) is 0. The van der Waals surface area contributed by atoms with Gasteiger partial charge in [0.25, 0.3) is 5.91 Å². The molecule has 0 fully saturated rings. The second kappa shape index (κ2) is 4.31. The minimum Gasteiger partial charge on any atom is -0.508 e. The number of phenols is 3. The molecule has 100 valence electrons. The number of carbonyl (C=O) groups is 1. The minimum atomic E-state index is -0.307. The zero-order valence-corrected chi connectivity index (χ0v) is 10.3. The Hall–Kier alpha value is -2.95. The first-order chi connectivity index (χ1) is 9.56. The number of hydrogen-bond acceptors (Lipinski definition) is 4. The second-order valence-corrected chi connectivity index (χ2v) is 4.46. The third-order valence-corrected chi connectivity index (χ3v) is 3.12. The van der Waals surface area contributed by atoms with Crippen LogP contribution in [0.1, 0.15) is 11.1 Å². The average molecular weight is 269 g/mol. The van der Waals surface area contributed by atoms with Gasteiger partial charge in [0.2, 0.25) is 0 Å². The first-order valence-corrected chi connectivity index (χ1v) is 5.93. The number of aromatic hydroxyl groups is 3. The molecule has 0 radical (unpaired) electrons. The standard InChI is InChI=1S/C15H11NO4/c17-8-5-13(18)11(14(19)6-8)7-10-9-3-1-2-4-12(9)16-15(10)20/h1-7,17-19H,(H,16,20)/b10-7-. The maximum Gasteiger partial charge on any atom is 0.256 e. The monoisotopic (exact) mass is 269 g/mol. The van der Waals surface area contributed by atoms with Crippen molar-refractivity contribution in [3.05, 3.63) is 47.5 Å². The molecule has 0 aromatic heterocycles. The number of nitrogens with one attached hydrogen (secondary N) is 1. The summed E-state index contributed by atoms with van der Waals surface area (Å²) in [4.78, 5) is 11.9. The highest BCUT2D eigenvalue weighted by Gasteiger charge is 2.24. The fourth-order valence-corrected chi connectivity index (χ4v) is 2.18. The van der Waals surface area contributed by atoms with E-state index < -0.39 is 0 Å². The highest BCUT2D eigenvalue weighted by atomic mass is 16.3. The molecule has 4 N–H and O–H groups in total. The minimum absolute atomic E-state index is 0.0876. The van der Waals surface area contributed by atoms with Gasteiger partial charge in [0, 0.05) is 29.0 Å². The molecule has 1 heterocycles. The lowest BCUT2D eigenvalue weighted by atomic mass is 10.0. The Morgan fingerprint density at radius 2 is 1.65 bits per heavy atom. The summed E-state index contributed by atoms with van der Waals surface area (Å²) in [5.41, 5.74) is 1.81. The Bertz CT molecular complexity index is 726. The van der Waals surface area contributed by atoms with Gasteiger partial charge in [-0.2, -0.15) is 0 Å². The number of fused-ring (bicyclic) bond motifs is 1. The van der Waals surface area contributed by atoms with Gasteiger partial charge in [-0.05, 0) is 12.1 Å². The Morgan fingerprint density at radius 1 is 1.00 bits per heavy atom. The maximum absolute atomic E-state index is 11.9. The van der Waals surface area contributed by atoms with Crippen molar-refractivity contribution in [2.45, 2.75) is 0 Å². The van der Waals surface area contributed by atoms with E-state index in [1.165, 1.54) is 6.08 Å². The summed E-state index contributed by atoms with van der Waals surface area (Å²) in [5, 5.41) is 31.5. The molecule has 3 rings (SSSR count). The number of anilines is 1. The van der Waals surface area contributed by atoms with Crippen LogP contribution < -0.4 is 5.32 Å². The fraction of sp³-hybridized carbons (Fsp3) is 0. The van der Waals surface area contributed by atoms with Crippen molar-refractivity contribution in [1.29, 1.82) is 0 Å². The van der Waals surface area contributed by atoms with E-state index in [0.717, 1.165) is 12.1 Å². The lowest BCUT2D eigenvalue weighted by molar-refractivity contribution is -0.110. The molecule has 1 amide bonds. The highest BCUT2D eigenvalue weighted by Crippen LogP contribution is 2.38. The number of carbonyl (C=O) groups excluding carboxylic acids is 1. The lowest BCUT2D eigenvalue weighted by Crippen LogP contribution is -2.03. The Kier molecular flexibility index (Phi) is 2.61. The molecule has 2 aromatic rings. The van der Waals surface area contributed by atoms with Gasteiger partial charge in [0.05, 0.1) is 5.56 Å². The number of benzene rings is 2. The summed E-state index contributed by atoms with van der Waals surface area (Å²) in [6, 6.07) is 9.34. The molecule has 1 aliphatic rings. The molecule has 0 aliphatic carbocycles. The molecule has 0 unspecified atom stereocenters. The quantitative estimate of drug-likeness (QED) is 0.598. The predicted octanol–water partition coefficient (Wildman–Crippen LogP) is 2.30. The van der Waals surface area contributed by atoms with Crippen molar-refractivity contribution in [2.75, 3.05) is 5.32 Å². The van der Waals surface area contributed by atoms with E-state index >= 15 is 0 Å². The van der Waals surface area contributed by atoms with E-state index in [9.17, 15) is 20.1 Å². The van der Waals surface area contributed by atoms with Crippen LogP contribution in [0.15, 0.2) is 36.4 Å². The molecule has 1 aliphatic heterocycles. The number of hydrogen-bond donors (Lipinski definition) is 4. The summed E-state index contributed by atoms with van der Waals surface area (Å²) >= 11 is 0. The first-order valence-electron chi connectivity index (χ1n) is 5.93. The zero-order valence-electron chi connectivity index (χ0n) is 10.3. The van der Waals surface area contributed by atoms with Gasteiger partial charge < -0.3 is 20.6 Å². The normalized spacial score (nSPS) is 15.2. The van der Waals surface area contributed by atoms with E-state index in [0.29, 0.717) is 16.8 Å². The van der Waals surface area contributed by atoms with Crippen LogP contribution >= 0.6 is 0 Å². The number of phenolic OH excluding ortho intramolecular Hbond substituents is 3. The lowest BCUT2D eigenvalue weighted by Gasteiger charge is -2.05. The molecule has 2 aromatic carbocycles. The van der Waals surface area contributed by atoms with Gasteiger partial charge in [-0.25, -0.2) is 0 Å². The molecule has 0 saturated heterocycles. The van der Waals surface area contributed by atoms with Crippen molar-refractivity contribution in [3.8, 4) is 17.2 Å². The summed E-state index contributed by atoms with van der Waals surface area (Å²) in [5.74, 6) is -1.16. The SMILES string of the molecule is O=C1Nc2ccccc2/C1=C/c1c(O)cc(O)cc1O. The zero-order chi connectivity index (χ0) is 14.3. The maximum atomic E-state index is 11.9. The van der Waals surface area contributed by atoms with Crippen LogP contribution in [0.2, 0.25) is 0 Å². The van der Waals surface area contributed by atoms with E-state index in [4.69, 9.17) is 0 Å². The van der Waals surface area contributed by atoms with Crippen LogP contribution in [0, 0.1) is 0 Å². The molecule has 5 nitrogen and oxygen atoms in total. The topological polar surface area (TPSA) is 89.8 Å². The largest absolute Gasteiger partial charge is 0.508 e. The smallest absolute Gasteiger partial charge is 0.256 e. The molecule has 0 saturated carbocycles. The molecular weight excluding hydrogens is 258 g/mol. The molecule has 0 bridgehead atoms. The van der Waals surface area contributed by atoms with E-state index in [1.807, 2.05) is 0 Å². The van der Waals surface area contributed by atoms with Crippen molar-refractivity contribution in [3.63, 3.8) is 0 Å². The van der Waals surface area contributed by atoms with E-state index in [2.05, 4.69) is 5.32 Å². The number of amides is 1. The van der Waals surface area contributed by atoms with Crippen molar-refractivity contribution < 1.29 is 20.1 Å². The van der Waals surface area contributed by atoms with Gasteiger partial charge in [0.15, 0.2) is 0 Å². The highest BCUT2D eigenvalue weighted by molar-refractivity contribution is 6.35. The fourth-order valence-electron chi connectivity index (χ4n) is 2.18.